The number of amides is 1. The van der Waals surface area contributed by atoms with E-state index in [9.17, 15) is 4.79 Å². The second-order valence-corrected chi connectivity index (χ2v) is 5.84. The Labute approximate surface area is 119 Å². The highest BCUT2D eigenvalue weighted by atomic mass is 35.5. The van der Waals surface area contributed by atoms with Gasteiger partial charge in [-0.2, -0.15) is 0 Å². The van der Waals surface area contributed by atoms with Gasteiger partial charge in [0.2, 0.25) is 5.91 Å². The van der Waals surface area contributed by atoms with E-state index in [1.54, 1.807) is 0 Å². The Morgan fingerprint density at radius 2 is 2.16 bits per heavy atom. The van der Waals surface area contributed by atoms with E-state index in [0.717, 1.165) is 31.4 Å². The van der Waals surface area contributed by atoms with Crippen molar-refractivity contribution in [2.45, 2.75) is 44.7 Å². The van der Waals surface area contributed by atoms with Crippen molar-refractivity contribution >= 4 is 17.5 Å². The summed E-state index contributed by atoms with van der Waals surface area (Å²) in [5, 5.41) is 7.07. The molecule has 0 saturated carbocycles. The van der Waals surface area contributed by atoms with Gasteiger partial charge >= 0.3 is 0 Å². The minimum absolute atomic E-state index is 0.0552. The topological polar surface area (TPSA) is 41.1 Å². The summed E-state index contributed by atoms with van der Waals surface area (Å²) in [5.41, 5.74) is 0.505. The summed E-state index contributed by atoms with van der Waals surface area (Å²) < 4.78 is 0. The third-order valence-corrected chi connectivity index (χ3v) is 4.18. The number of hydrogen-bond acceptors (Lipinski definition) is 2. The van der Waals surface area contributed by atoms with Gasteiger partial charge in [-0.1, -0.05) is 29.8 Å². The van der Waals surface area contributed by atoms with Gasteiger partial charge in [0, 0.05) is 5.02 Å². The van der Waals surface area contributed by atoms with E-state index in [1.807, 2.05) is 38.1 Å². The smallest absolute Gasteiger partial charge is 0.240 e. The molecule has 1 saturated heterocycles. The SMILES string of the molecule is CC(NC(=O)C1(C)CCCCN1)c1ccccc1Cl. The van der Waals surface area contributed by atoms with Crippen molar-refractivity contribution in [2.75, 3.05) is 6.54 Å². The molecule has 2 unspecified atom stereocenters. The zero-order chi connectivity index (χ0) is 13.9. The molecule has 0 radical (unpaired) electrons. The van der Waals surface area contributed by atoms with Gasteiger partial charge in [-0.15, -0.1) is 0 Å². The van der Waals surface area contributed by atoms with E-state index in [1.165, 1.54) is 0 Å². The predicted molar refractivity (Wildman–Crippen MR) is 78.3 cm³/mol. The van der Waals surface area contributed by atoms with Crippen LogP contribution in [0.5, 0.6) is 0 Å². The number of carbonyl (C=O) groups excluding carboxylic acids is 1. The number of benzene rings is 1. The summed E-state index contributed by atoms with van der Waals surface area (Å²) >= 11 is 6.16. The number of rotatable bonds is 3. The third-order valence-electron chi connectivity index (χ3n) is 3.84. The molecule has 1 amide bonds. The molecule has 1 fully saturated rings. The molecule has 1 aliphatic rings. The third kappa shape index (κ3) is 3.28. The van der Waals surface area contributed by atoms with Gasteiger partial charge in [-0.25, -0.2) is 0 Å². The van der Waals surface area contributed by atoms with Crippen LogP contribution < -0.4 is 10.6 Å². The maximum Gasteiger partial charge on any atom is 0.240 e. The summed E-state index contributed by atoms with van der Waals surface area (Å²) in [6, 6.07) is 7.54. The maximum absolute atomic E-state index is 12.4. The fraction of sp³-hybridized carbons (Fsp3) is 0.533. The Kier molecular flexibility index (Phi) is 4.48. The number of halogens is 1. The molecule has 2 atom stereocenters. The normalized spacial score (nSPS) is 24.8. The highest BCUT2D eigenvalue weighted by molar-refractivity contribution is 6.31. The van der Waals surface area contributed by atoms with E-state index < -0.39 is 5.54 Å². The van der Waals surface area contributed by atoms with E-state index in [-0.39, 0.29) is 11.9 Å². The predicted octanol–water partition coefficient (Wildman–Crippen LogP) is 3.05. The summed E-state index contributed by atoms with van der Waals surface area (Å²) in [7, 11) is 0. The maximum atomic E-state index is 12.4. The second-order valence-electron chi connectivity index (χ2n) is 5.43. The first-order valence-corrected chi connectivity index (χ1v) is 7.21. The van der Waals surface area contributed by atoms with Gasteiger partial charge in [0.15, 0.2) is 0 Å². The summed E-state index contributed by atoms with van der Waals surface area (Å²) in [6.45, 7) is 4.84. The summed E-state index contributed by atoms with van der Waals surface area (Å²) in [5.74, 6) is 0.0552. The van der Waals surface area contributed by atoms with Crippen LogP contribution >= 0.6 is 11.6 Å². The van der Waals surface area contributed by atoms with Crippen molar-refractivity contribution in [1.29, 1.82) is 0 Å². The molecule has 1 aromatic rings. The number of carbonyl (C=O) groups is 1. The van der Waals surface area contributed by atoms with Crippen molar-refractivity contribution in [1.82, 2.24) is 10.6 Å². The van der Waals surface area contributed by atoms with Crippen molar-refractivity contribution in [3.63, 3.8) is 0 Å². The lowest BCUT2D eigenvalue weighted by Crippen LogP contribution is -2.57. The van der Waals surface area contributed by atoms with Gasteiger partial charge in [0.25, 0.3) is 0 Å². The van der Waals surface area contributed by atoms with Crippen LogP contribution in [0.25, 0.3) is 0 Å². The summed E-state index contributed by atoms with van der Waals surface area (Å²) in [4.78, 5) is 12.4. The van der Waals surface area contributed by atoms with Crippen LogP contribution in [0.15, 0.2) is 24.3 Å². The number of hydrogen-bond donors (Lipinski definition) is 2. The van der Waals surface area contributed by atoms with Crippen molar-refractivity contribution in [3.8, 4) is 0 Å². The summed E-state index contributed by atoms with van der Waals surface area (Å²) in [6.07, 6.45) is 3.12. The second kappa shape index (κ2) is 5.93. The lowest BCUT2D eigenvalue weighted by Gasteiger charge is -2.34. The van der Waals surface area contributed by atoms with Crippen molar-refractivity contribution in [3.05, 3.63) is 34.9 Å². The van der Waals surface area contributed by atoms with Crippen molar-refractivity contribution < 1.29 is 4.79 Å². The molecule has 1 aliphatic heterocycles. The Morgan fingerprint density at radius 1 is 1.42 bits per heavy atom. The van der Waals surface area contributed by atoms with Crippen LogP contribution in [0.1, 0.15) is 44.7 Å². The van der Waals surface area contributed by atoms with E-state index in [0.29, 0.717) is 5.02 Å². The fourth-order valence-electron chi connectivity index (χ4n) is 2.51. The Hall–Kier alpha value is -1.06. The molecule has 0 aliphatic carbocycles. The van der Waals surface area contributed by atoms with Crippen LogP contribution in [0.2, 0.25) is 5.02 Å². The Balaban J connectivity index is 2.04. The minimum Gasteiger partial charge on any atom is -0.348 e. The van der Waals surface area contributed by atoms with Gasteiger partial charge in [0.05, 0.1) is 11.6 Å². The average Bonchev–Trinajstić information content (AvgIpc) is 2.40. The fourth-order valence-corrected chi connectivity index (χ4v) is 2.81. The molecule has 1 heterocycles. The average molecular weight is 281 g/mol. The van der Waals surface area contributed by atoms with Crippen LogP contribution in [0.4, 0.5) is 0 Å². The number of nitrogens with one attached hydrogen (secondary N) is 2. The quantitative estimate of drug-likeness (QED) is 0.893. The first-order chi connectivity index (χ1) is 9.03. The van der Waals surface area contributed by atoms with Crippen LogP contribution in [0, 0.1) is 0 Å². The van der Waals surface area contributed by atoms with Gasteiger partial charge < -0.3 is 10.6 Å². The molecular weight excluding hydrogens is 260 g/mol. The van der Waals surface area contributed by atoms with Crippen molar-refractivity contribution in [2.24, 2.45) is 0 Å². The van der Waals surface area contributed by atoms with E-state index in [2.05, 4.69) is 10.6 Å². The molecule has 4 heteroatoms. The molecule has 3 nitrogen and oxygen atoms in total. The largest absolute Gasteiger partial charge is 0.348 e. The first-order valence-electron chi connectivity index (χ1n) is 6.83. The van der Waals surface area contributed by atoms with Gasteiger partial charge in [-0.05, 0) is 51.3 Å². The molecule has 1 aromatic carbocycles. The standard InChI is InChI=1S/C15H21ClN2O/c1-11(12-7-3-4-8-13(12)16)18-14(19)15(2)9-5-6-10-17-15/h3-4,7-8,11,17H,5-6,9-10H2,1-2H3,(H,18,19). The number of piperidine rings is 1. The molecule has 0 spiro atoms. The van der Waals surface area contributed by atoms with E-state index in [4.69, 9.17) is 11.6 Å². The highest BCUT2D eigenvalue weighted by Gasteiger charge is 2.34. The van der Waals surface area contributed by atoms with E-state index >= 15 is 0 Å². The zero-order valence-corrected chi connectivity index (χ0v) is 12.3. The lowest BCUT2D eigenvalue weighted by atomic mass is 9.89. The monoisotopic (exact) mass is 280 g/mol. The highest BCUT2D eigenvalue weighted by Crippen LogP contribution is 2.24. The van der Waals surface area contributed by atoms with Crippen LogP contribution in [-0.2, 0) is 4.79 Å². The van der Waals surface area contributed by atoms with Gasteiger partial charge in [-0.3, -0.25) is 4.79 Å². The first kappa shape index (κ1) is 14.4. The molecule has 2 rings (SSSR count). The Morgan fingerprint density at radius 3 is 2.79 bits per heavy atom. The molecule has 104 valence electrons. The molecule has 0 bridgehead atoms. The molecule has 0 aromatic heterocycles. The zero-order valence-electron chi connectivity index (χ0n) is 11.5. The minimum atomic E-state index is -0.451. The molecular formula is C15H21ClN2O. The molecule has 2 N–H and O–H groups in total. The van der Waals surface area contributed by atoms with Gasteiger partial charge in [0.1, 0.15) is 0 Å². The lowest BCUT2D eigenvalue weighted by molar-refractivity contribution is -0.128. The molecule has 19 heavy (non-hydrogen) atoms. The Bertz CT molecular complexity index is 455. The van der Waals surface area contributed by atoms with Crippen LogP contribution in [0.3, 0.4) is 0 Å². The van der Waals surface area contributed by atoms with Crippen LogP contribution in [-0.4, -0.2) is 18.0 Å².